The predicted molar refractivity (Wildman–Crippen MR) is 88.8 cm³/mol. The molecule has 1 unspecified atom stereocenters. The van der Waals surface area contributed by atoms with Crippen LogP contribution in [0, 0.1) is 6.92 Å². The van der Waals surface area contributed by atoms with Crippen molar-refractivity contribution in [2.45, 2.75) is 20.0 Å². The Morgan fingerprint density at radius 1 is 1.39 bits per heavy atom. The van der Waals surface area contributed by atoms with Crippen LogP contribution in [0.4, 0.5) is 0 Å². The Balaban J connectivity index is 1.99. The number of thiazole rings is 1. The summed E-state index contributed by atoms with van der Waals surface area (Å²) in [5, 5.41) is 0.688. The lowest BCUT2D eigenvalue weighted by Gasteiger charge is -2.02. The lowest BCUT2D eigenvalue weighted by Crippen LogP contribution is -2.03. The van der Waals surface area contributed by atoms with E-state index in [0.29, 0.717) is 22.3 Å². The molecule has 3 rings (SSSR count). The first-order valence-corrected chi connectivity index (χ1v) is 8.07. The molecule has 6 nitrogen and oxygen atoms in total. The number of ether oxygens (including phenoxy) is 2. The van der Waals surface area contributed by atoms with Gasteiger partial charge in [0.1, 0.15) is 11.2 Å². The second kappa shape index (κ2) is 6.47. The molecule has 2 heterocycles. The van der Waals surface area contributed by atoms with Crippen LogP contribution in [0.3, 0.4) is 0 Å². The maximum Gasteiger partial charge on any atom is 0.350 e. The normalized spacial score (nSPS) is 16.2. The van der Waals surface area contributed by atoms with Gasteiger partial charge in [0.15, 0.2) is 5.13 Å². The fraction of sp³-hybridized carbons (Fsp3) is 0.312. The number of esters is 1. The van der Waals surface area contributed by atoms with E-state index in [9.17, 15) is 4.79 Å². The maximum atomic E-state index is 12.0. The Bertz CT molecular complexity index is 789. The molecule has 2 aromatic rings. The summed E-state index contributed by atoms with van der Waals surface area (Å²) in [7, 11) is 1.66. The molecule has 0 N–H and O–H groups in total. The van der Waals surface area contributed by atoms with E-state index in [1.165, 1.54) is 11.3 Å². The summed E-state index contributed by atoms with van der Waals surface area (Å²) in [6.07, 6.45) is 9.40. The number of aromatic nitrogens is 3. The number of hydrogen-bond donors (Lipinski definition) is 0. The summed E-state index contributed by atoms with van der Waals surface area (Å²) in [5.41, 5.74) is 2.41. The molecule has 7 heteroatoms. The fourth-order valence-electron chi connectivity index (χ4n) is 2.28. The highest BCUT2D eigenvalue weighted by atomic mass is 32.1. The van der Waals surface area contributed by atoms with E-state index in [1.54, 1.807) is 27.3 Å². The third-order valence-corrected chi connectivity index (χ3v) is 4.58. The van der Waals surface area contributed by atoms with Gasteiger partial charge in [-0.15, -0.1) is 0 Å². The Morgan fingerprint density at radius 2 is 2.17 bits per heavy atom. The van der Waals surface area contributed by atoms with Crippen LogP contribution in [0.2, 0.25) is 0 Å². The van der Waals surface area contributed by atoms with Gasteiger partial charge >= 0.3 is 5.97 Å². The van der Waals surface area contributed by atoms with Crippen molar-refractivity contribution >= 4 is 29.5 Å². The standard InChI is InChI=1S/C16H17N3O3S/c1-4-22-15(20)14-10(2)18-16(23-14)19-9-17-12-7-5-11(21-3)6-8-13(12)19/h5-9,11H,4H2,1-3H3. The number of carbonyl (C=O) groups is 1. The minimum Gasteiger partial charge on any atom is -0.462 e. The van der Waals surface area contributed by atoms with Gasteiger partial charge in [0, 0.05) is 7.11 Å². The van der Waals surface area contributed by atoms with Crippen LogP contribution < -0.4 is 0 Å². The second-order valence-corrected chi connectivity index (χ2v) is 5.91. The van der Waals surface area contributed by atoms with Crippen molar-refractivity contribution in [3.63, 3.8) is 0 Å². The molecule has 1 aliphatic carbocycles. The zero-order chi connectivity index (χ0) is 16.4. The first kappa shape index (κ1) is 15.6. The van der Waals surface area contributed by atoms with Crippen molar-refractivity contribution < 1.29 is 14.3 Å². The third-order valence-electron chi connectivity index (χ3n) is 3.45. The maximum absolute atomic E-state index is 12.0. The number of imidazole rings is 1. The molecule has 0 radical (unpaired) electrons. The molecular weight excluding hydrogens is 314 g/mol. The quantitative estimate of drug-likeness (QED) is 0.806. The summed E-state index contributed by atoms with van der Waals surface area (Å²) in [6, 6.07) is 0. The van der Waals surface area contributed by atoms with Gasteiger partial charge in [-0.05, 0) is 38.2 Å². The first-order valence-electron chi connectivity index (χ1n) is 7.25. The molecule has 0 aliphatic heterocycles. The molecule has 23 heavy (non-hydrogen) atoms. The van der Waals surface area contributed by atoms with Gasteiger partial charge in [0.2, 0.25) is 0 Å². The van der Waals surface area contributed by atoms with Crippen LogP contribution in [0.25, 0.3) is 17.3 Å². The van der Waals surface area contributed by atoms with E-state index in [-0.39, 0.29) is 12.1 Å². The average Bonchev–Trinajstić information content (AvgIpc) is 3.05. The minimum atomic E-state index is -0.338. The fourth-order valence-corrected chi connectivity index (χ4v) is 3.23. The van der Waals surface area contributed by atoms with E-state index >= 15 is 0 Å². The molecule has 2 aromatic heterocycles. The van der Waals surface area contributed by atoms with Crippen molar-refractivity contribution in [2.75, 3.05) is 13.7 Å². The zero-order valence-electron chi connectivity index (χ0n) is 13.1. The molecule has 0 bridgehead atoms. The lowest BCUT2D eigenvalue weighted by atomic mass is 10.3. The third kappa shape index (κ3) is 2.97. The van der Waals surface area contributed by atoms with Crippen LogP contribution in [0.15, 0.2) is 18.5 Å². The molecule has 0 fully saturated rings. The van der Waals surface area contributed by atoms with Crippen LogP contribution in [-0.2, 0) is 9.47 Å². The monoisotopic (exact) mass is 331 g/mol. The van der Waals surface area contributed by atoms with E-state index in [0.717, 1.165) is 11.4 Å². The summed E-state index contributed by atoms with van der Waals surface area (Å²) in [6.45, 7) is 3.94. The number of aryl methyl sites for hydroxylation is 1. The van der Waals surface area contributed by atoms with Gasteiger partial charge in [-0.3, -0.25) is 4.57 Å². The molecule has 1 aliphatic rings. The highest BCUT2D eigenvalue weighted by molar-refractivity contribution is 7.16. The molecule has 120 valence electrons. The van der Waals surface area contributed by atoms with Crippen molar-refractivity contribution in [2.24, 2.45) is 0 Å². The van der Waals surface area contributed by atoms with Crippen LogP contribution in [0.5, 0.6) is 0 Å². The van der Waals surface area contributed by atoms with Gasteiger partial charge < -0.3 is 9.47 Å². The van der Waals surface area contributed by atoms with Gasteiger partial charge in [-0.25, -0.2) is 14.8 Å². The number of fused-ring (bicyclic) bond motifs is 1. The molecule has 1 atom stereocenters. The summed E-state index contributed by atoms with van der Waals surface area (Å²) < 4.78 is 12.2. The molecule has 0 amide bonds. The SMILES string of the molecule is CCOC(=O)c1sc(-n2cnc3c2C=CC(OC)C=C3)nc1C. The smallest absolute Gasteiger partial charge is 0.350 e. The first-order chi connectivity index (χ1) is 11.1. The Kier molecular flexibility index (Phi) is 4.40. The van der Waals surface area contributed by atoms with Crippen molar-refractivity contribution in [1.29, 1.82) is 0 Å². The molecule has 0 aromatic carbocycles. The van der Waals surface area contributed by atoms with Crippen molar-refractivity contribution in [1.82, 2.24) is 14.5 Å². The molecule has 0 saturated heterocycles. The Morgan fingerprint density at radius 3 is 2.91 bits per heavy atom. The highest BCUT2D eigenvalue weighted by Crippen LogP contribution is 2.26. The highest BCUT2D eigenvalue weighted by Gasteiger charge is 2.19. The van der Waals surface area contributed by atoms with E-state index < -0.39 is 0 Å². The summed E-state index contributed by atoms with van der Waals surface area (Å²) in [4.78, 5) is 21.4. The number of nitrogens with zero attached hydrogens (tertiary/aromatic N) is 3. The number of carbonyl (C=O) groups excluding carboxylic acids is 1. The minimum absolute atomic E-state index is 0.0780. The Hall–Kier alpha value is -2.25. The summed E-state index contributed by atoms with van der Waals surface area (Å²) in [5.74, 6) is -0.338. The van der Waals surface area contributed by atoms with Crippen LogP contribution in [-0.4, -0.2) is 40.3 Å². The van der Waals surface area contributed by atoms with Gasteiger partial charge in [-0.2, -0.15) is 0 Å². The molecule has 0 spiro atoms. The second-order valence-electron chi connectivity index (χ2n) is 4.94. The van der Waals surface area contributed by atoms with Crippen molar-refractivity contribution in [3.8, 4) is 5.13 Å². The number of rotatable bonds is 4. The topological polar surface area (TPSA) is 66.2 Å². The van der Waals surface area contributed by atoms with Gasteiger partial charge in [0.25, 0.3) is 0 Å². The number of hydrogen-bond acceptors (Lipinski definition) is 6. The average molecular weight is 331 g/mol. The van der Waals surface area contributed by atoms with E-state index in [1.807, 2.05) is 28.9 Å². The van der Waals surface area contributed by atoms with E-state index in [2.05, 4.69) is 9.97 Å². The largest absolute Gasteiger partial charge is 0.462 e. The van der Waals surface area contributed by atoms with Gasteiger partial charge in [-0.1, -0.05) is 11.3 Å². The van der Waals surface area contributed by atoms with Crippen LogP contribution in [0.1, 0.15) is 33.7 Å². The zero-order valence-corrected chi connectivity index (χ0v) is 14.0. The van der Waals surface area contributed by atoms with Crippen LogP contribution >= 0.6 is 11.3 Å². The Labute approximate surface area is 138 Å². The van der Waals surface area contributed by atoms with Crippen molar-refractivity contribution in [3.05, 3.63) is 40.4 Å². The number of methoxy groups -OCH3 is 1. The van der Waals surface area contributed by atoms with E-state index in [4.69, 9.17) is 9.47 Å². The molecular formula is C16H17N3O3S. The molecule has 0 saturated carbocycles. The summed E-state index contributed by atoms with van der Waals surface area (Å²) >= 11 is 1.30. The lowest BCUT2D eigenvalue weighted by molar-refractivity contribution is 0.0531. The predicted octanol–water partition coefficient (Wildman–Crippen LogP) is 2.87. The van der Waals surface area contributed by atoms with Gasteiger partial charge in [0.05, 0.1) is 29.8 Å².